The Bertz CT molecular complexity index is 1080. The summed E-state index contributed by atoms with van der Waals surface area (Å²) < 4.78 is 8.13. The first kappa shape index (κ1) is 20.9. The fraction of sp³-hybridized carbons (Fsp3) is 0.429. The van der Waals surface area contributed by atoms with Crippen LogP contribution in [0.4, 0.5) is 5.95 Å². The monoisotopic (exact) mass is 473 g/mol. The lowest BCUT2D eigenvalue weighted by molar-refractivity contribution is -0.118. The zero-order chi connectivity index (χ0) is 21.3. The first-order valence-electron chi connectivity index (χ1n) is 10.0. The van der Waals surface area contributed by atoms with Gasteiger partial charge < -0.3 is 15.2 Å². The van der Waals surface area contributed by atoms with Crippen LogP contribution in [0, 0.1) is 0 Å². The van der Waals surface area contributed by atoms with Gasteiger partial charge in [-0.3, -0.25) is 9.48 Å². The minimum absolute atomic E-state index is 0.103. The maximum Gasteiger partial charge on any atom is 0.225 e. The fourth-order valence-electron chi connectivity index (χ4n) is 3.69. The van der Waals surface area contributed by atoms with Gasteiger partial charge in [-0.05, 0) is 37.1 Å². The summed E-state index contributed by atoms with van der Waals surface area (Å²) in [6.45, 7) is 5.70. The molecule has 158 valence electrons. The number of hydrogen-bond acceptors (Lipinski definition) is 7. The molecule has 9 heteroatoms. The Labute approximate surface area is 182 Å². The van der Waals surface area contributed by atoms with Gasteiger partial charge in [-0.15, -0.1) is 0 Å². The Morgan fingerprint density at radius 1 is 1.40 bits per heavy atom. The summed E-state index contributed by atoms with van der Waals surface area (Å²) in [7, 11) is 0. The molecule has 1 aromatic carbocycles. The normalized spacial score (nSPS) is 16.8. The molecule has 0 radical (unpaired) electrons. The van der Waals surface area contributed by atoms with E-state index in [4.69, 9.17) is 4.74 Å². The number of Topliss-reactive ketones (excluding diaryl/α,β-unsaturated/α-hetero) is 1. The predicted octanol–water partition coefficient (Wildman–Crippen LogP) is 2.68. The van der Waals surface area contributed by atoms with Gasteiger partial charge in [-0.25, -0.2) is 4.98 Å². The van der Waals surface area contributed by atoms with Crippen LogP contribution in [0.5, 0.6) is 0 Å². The van der Waals surface area contributed by atoms with Crippen LogP contribution in [0.1, 0.15) is 36.6 Å². The van der Waals surface area contributed by atoms with Crippen LogP contribution in [0.25, 0.3) is 11.0 Å². The predicted molar refractivity (Wildman–Crippen MR) is 117 cm³/mol. The van der Waals surface area contributed by atoms with Gasteiger partial charge in [0.25, 0.3) is 0 Å². The molecule has 0 aliphatic heterocycles. The van der Waals surface area contributed by atoms with Crippen molar-refractivity contribution in [3.8, 4) is 0 Å². The highest BCUT2D eigenvalue weighted by Gasteiger charge is 2.35. The number of nitrogens with zero attached hydrogens (tertiary/aromatic N) is 4. The molecule has 4 rings (SSSR count). The van der Waals surface area contributed by atoms with Crippen LogP contribution in [0.2, 0.25) is 0 Å². The molecule has 0 spiro atoms. The van der Waals surface area contributed by atoms with Crippen LogP contribution >= 0.6 is 15.9 Å². The summed E-state index contributed by atoms with van der Waals surface area (Å²) in [5.41, 5.74) is 3.12. The van der Waals surface area contributed by atoms with Gasteiger partial charge in [0.1, 0.15) is 0 Å². The average molecular weight is 474 g/mol. The van der Waals surface area contributed by atoms with Gasteiger partial charge in [-0.2, -0.15) is 10.1 Å². The number of nitrogens with one attached hydrogen (secondary N) is 1. The van der Waals surface area contributed by atoms with E-state index in [1.54, 1.807) is 11.6 Å². The molecule has 1 aliphatic rings. The number of aliphatic hydroxyl groups excluding tert-OH is 1. The summed E-state index contributed by atoms with van der Waals surface area (Å²) in [4.78, 5) is 22.2. The maximum absolute atomic E-state index is 13.0. The minimum Gasteiger partial charge on any atom is -0.392 e. The van der Waals surface area contributed by atoms with Crippen molar-refractivity contribution in [3.05, 3.63) is 45.7 Å². The molecule has 2 aromatic heterocycles. The van der Waals surface area contributed by atoms with Crippen molar-refractivity contribution in [2.75, 3.05) is 25.1 Å². The fourth-order valence-corrected chi connectivity index (χ4v) is 4.07. The van der Waals surface area contributed by atoms with E-state index >= 15 is 0 Å². The third-order valence-electron chi connectivity index (χ3n) is 5.06. The first-order chi connectivity index (χ1) is 14.5. The van der Waals surface area contributed by atoms with Crippen LogP contribution in [0.15, 0.2) is 28.9 Å². The highest BCUT2D eigenvalue weighted by molar-refractivity contribution is 9.10. The standard InChI is InChI=1S/C21H24BrN5O3/c1-3-30-7-6-27-11-16-19(24-21(23-10-12(2)28)25-20(16)26-27)18-15-9-14(22)5-4-13(15)8-17(18)29/h4-5,9,11-12,18,28H,3,6-8,10H2,1-2H3,(H,23,25,26)/t12-,18?/m0/s1. The van der Waals surface area contributed by atoms with E-state index in [9.17, 15) is 9.90 Å². The van der Waals surface area contributed by atoms with Crippen LogP contribution < -0.4 is 5.32 Å². The number of carbonyl (C=O) groups is 1. The Morgan fingerprint density at radius 2 is 2.23 bits per heavy atom. The molecule has 8 nitrogen and oxygen atoms in total. The Morgan fingerprint density at radius 3 is 3.00 bits per heavy atom. The molecule has 0 fully saturated rings. The molecular weight excluding hydrogens is 450 g/mol. The summed E-state index contributed by atoms with van der Waals surface area (Å²) in [5.74, 6) is -0.0176. The minimum atomic E-state index is -0.554. The quantitative estimate of drug-likeness (QED) is 0.484. The zero-order valence-corrected chi connectivity index (χ0v) is 18.5. The number of aliphatic hydroxyl groups is 1. The van der Waals surface area contributed by atoms with Crippen LogP contribution in [-0.4, -0.2) is 56.5 Å². The van der Waals surface area contributed by atoms with Gasteiger partial charge in [0.2, 0.25) is 5.95 Å². The Kier molecular flexibility index (Phi) is 6.12. The van der Waals surface area contributed by atoms with Gasteiger partial charge in [0.05, 0.1) is 36.3 Å². The molecule has 2 atom stereocenters. The van der Waals surface area contributed by atoms with Crippen LogP contribution in [0.3, 0.4) is 0 Å². The molecular formula is C21H24BrN5O3. The number of ketones is 1. The number of hydrogen-bond donors (Lipinski definition) is 2. The van der Waals surface area contributed by atoms with E-state index in [1.807, 2.05) is 31.3 Å². The maximum atomic E-state index is 13.0. The van der Waals surface area contributed by atoms with Crippen molar-refractivity contribution < 1.29 is 14.6 Å². The molecule has 30 heavy (non-hydrogen) atoms. The SMILES string of the molecule is CCOCCn1cc2c(C3C(=O)Cc4ccc(Br)cc43)nc(NC[C@H](C)O)nc2n1. The highest BCUT2D eigenvalue weighted by Crippen LogP contribution is 2.39. The molecule has 0 saturated heterocycles. The molecule has 3 aromatic rings. The van der Waals surface area contributed by atoms with E-state index in [1.165, 1.54) is 0 Å². The highest BCUT2D eigenvalue weighted by atomic mass is 79.9. The largest absolute Gasteiger partial charge is 0.392 e. The van der Waals surface area contributed by atoms with Crippen molar-refractivity contribution >= 4 is 38.7 Å². The molecule has 1 aliphatic carbocycles. The third-order valence-corrected chi connectivity index (χ3v) is 5.55. The van der Waals surface area contributed by atoms with Crippen molar-refractivity contribution in [1.29, 1.82) is 0 Å². The lowest BCUT2D eigenvalue weighted by Gasteiger charge is -2.14. The number of fused-ring (bicyclic) bond motifs is 2. The number of anilines is 1. The second-order valence-electron chi connectivity index (χ2n) is 7.41. The second-order valence-corrected chi connectivity index (χ2v) is 8.32. The van der Waals surface area contributed by atoms with E-state index in [0.717, 1.165) is 21.0 Å². The van der Waals surface area contributed by atoms with Crippen molar-refractivity contribution in [2.24, 2.45) is 0 Å². The van der Waals surface area contributed by atoms with Gasteiger partial charge in [0, 0.05) is 30.2 Å². The molecule has 2 heterocycles. The molecule has 0 bridgehead atoms. The number of carbonyl (C=O) groups excluding carboxylic acids is 1. The number of aromatic nitrogens is 4. The van der Waals surface area contributed by atoms with E-state index in [0.29, 0.717) is 50.0 Å². The van der Waals surface area contributed by atoms with Gasteiger partial charge in [0.15, 0.2) is 11.4 Å². The van der Waals surface area contributed by atoms with E-state index < -0.39 is 12.0 Å². The first-order valence-corrected chi connectivity index (χ1v) is 10.8. The van der Waals surface area contributed by atoms with Gasteiger partial charge in [-0.1, -0.05) is 22.0 Å². The van der Waals surface area contributed by atoms with Crippen LogP contribution in [-0.2, 0) is 22.5 Å². The summed E-state index contributed by atoms with van der Waals surface area (Å²) in [6.07, 6.45) is 1.71. The van der Waals surface area contributed by atoms with Crippen molar-refractivity contribution in [2.45, 2.75) is 38.8 Å². The summed E-state index contributed by atoms with van der Waals surface area (Å²) >= 11 is 3.51. The number of ether oxygens (including phenoxy) is 1. The molecule has 1 unspecified atom stereocenters. The van der Waals surface area contributed by atoms with Gasteiger partial charge >= 0.3 is 0 Å². The lowest BCUT2D eigenvalue weighted by atomic mass is 9.95. The average Bonchev–Trinajstić information content (AvgIpc) is 3.25. The van der Waals surface area contributed by atoms with Crippen molar-refractivity contribution in [1.82, 2.24) is 19.7 Å². The lowest BCUT2D eigenvalue weighted by Crippen LogP contribution is -2.18. The summed E-state index contributed by atoms with van der Waals surface area (Å²) in [6, 6.07) is 5.92. The van der Waals surface area contributed by atoms with E-state index in [-0.39, 0.29) is 5.78 Å². The number of rotatable bonds is 8. The molecule has 0 amide bonds. The van der Waals surface area contributed by atoms with E-state index in [2.05, 4.69) is 36.3 Å². The Hall–Kier alpha value is -2.36. The number of halogens is 1. The smallest absolute Gasteiger partial charge is 0.225 e. The molecule has 2 N–H and O–H groups in total. The topological polar surface area (TPSA) is 102 Å². The second kappa shape index (κ2) is 8.79. The number of benzene rings is 1. The molecule has 0 saturated carbocycles. The Balaban J connectivity index is 1.80. The van der Waals surface area contributed by atoms with Crippen molar-refractivity contribution in [3.63, 3.8) is 0 Å². The third kappa shape index (κ3) is 4.23. The zero-order valence-electron chi connectivity index (χ0n) is 16.9. The summed E-state index contributed by atoms with van der Waals surface area (Å²) in [5, 5.41) is 18.0.